The van der Waals surface area contributed by atoms with Crippen LogP contribution in [0.4, 0.5) is 0 Å². The number of rotatable bonds is 12. The molecule has 4 N–H and O–H groups in total. The summed E-state index contributed by atoms with van der Waals surface area (Å²) in [5.41, 5.74) is 5.82. The molecule has 0 saturated heterocycles. The molecule has 3 aromatic carbocycles. The number of phenolic OH excluding ortho intramolecular Hbond substituents is 3. The second-order valence-corrected chi connectivity index (χ2v) is 17.8. The first kappa shape index (κ1) is 49.1. The predicted octanol–water partition coefficient (Wildman–Crippen LogP) is 13.4. The quantitative estimate of drug-likeness (QED) is 0.106. The van der Waals surface area contributed by atoms with Gasteiger partial charge in [0.05, 0.1) is 0 Å². The zero-order chi connectivity index (χ0) is 40.7. The zero-order valence-corrected chi connectivity index (χ0v) is 37.4. The van der Waals surface area contributed by atoms with Crippen LogP contribution in [0.15, 0.2) is 102 Å². The van der Waals surface area contributed by atoms with Gasteiger partial charge in [-0.3, -0.25) is 9.59 Å². The smallest absolute Gasteiger partial charge is 0.170 e. The fourth-order valence-corrected chi connectivity index (χ4v) is 10.0. The summed E-state index contributed by atoms with van der Waals surface area (Å²) in [7, 11) is 0. The molecule has 8 rings (SSSR count). The number of phenols is 3. The topological polar surface area (TPSA) is 115 Å². The van der Waals surface area contributed by atoms with E-state index in [4.69, 9.17) is 10.2 Å². The number of hydrogen-bond acceptors (Lipinski definition) is 6. The van der Waals surface area contributed by atoms with Crippen molar-refractivity contribution in [1.29, 1.82) is 0 Å². The first-order chi connectivity index (χ1) is 28.2. The summed E-state index contributed by atoms with van der Waals surface area (Å²) in [6, 6.07) is 21.5. The van der Waals surface area contributed by atoms with Crippen molar-refractivity contribution in [1.82, 2.24) is 0 Å². The number of carbonyl (C=O) groups is 2. The number of ketones is 2. The van der Waals surface area contributed by atoms with E-state index in [0.717, 1.165) is 36.5 Å². The molecular formula is C52H66Fe2O6. The Labute approximate surface area is 380 Å². The van der Waals surface area contributed by atoms with E-state index in [1.165, 1.54) is 150 Å². The molecule has 8 heteroatoms. The van der Waals surface area contributed by atoms with Crippen molar-refractivity contribution >= 4 is 17.1 Å². The molecule has 0 spiro atoms. The Morgan fingerprint density at radius 1 is 0.467 bits per heavy atom. The van der Waals surface area contributed by atoms with Gasteiger partial charge in [-0.2, -0.15) is 0 Å². The Morgan fingerprint density at radius 3 is 1.13 bits per heavy atom. The number of benzene rings is 3. The van der Waals surface area contributed by atoms with Crippen LogP contribution in [0.25, 0.3) is 5.57 Å². The summed E-state index contributed by atoms with van der Waals surface area (Å²) in [6.07, 6.45) is 31.2. The van der Waals surface area contributed by atoms with E-state index in [2.05, 4.69) is 0 Å². The predicted molar refractivity (Wildman–Crippen MR) is 234 cm³/mol. The van der Waals surface area contributed by atoms with Gasteiger partial charge in [-0.1, -0.05) is 139 Å². The van der Waals surface area contributed by atoms with Crippen molar-refractivity contribution in [3.8, 4) is 17.2 Å². The van der Waals surface area contributed by atoms with Crippen LogP contribution in [0.5, 0.6) is 17.2 Å². The number of allylic oxidation sites excluding steroid dienone is 4. The number of carbonyl (C=O) groups excluding carboxylic acids is 2. The van der Waals surface area contributed by atoms with Crippen LogP contribution in [0.2, 0.25) is 0 Å². The Kier molecular flexibility index (Phi) is 20.8. The number of Topliss-reactive ketones (excluding diaryl/α,β-unsaturated/α-hetero) is 2. The van der Waals surface area contributed by atoms with Gasteiger partial charge in [0, 0.05) is 58.5 Å². The SMILES string of the molecule is O=C(CC1CCCC1)CC1CCCC1.O=C(c1ccc(O)cc1)C1C=CC(O)=CC1.Oc1ccc(C(=C(CC2CCCC2)CC2CCCC2)c2ccc(O)cc2)cc1.[Fe].[Fe]. The summed E-state index contributed by atoms with van der Waals surface area (Å²) in [6.45, 7) is 0. The van der Waals surface area contributed by atoms with Gasteiger partial charge >= 0.3 is 0 Å². The Hall–Kier alpha value is -3.54. The van der Waals surface area contributed by atoms with Crippen LogP contribution in [0.1, 0.15) is 156 Å². The Bertz CT molecular complexity index is 1750. The second kappa shape index (κ2) is 25.4. The van der Waals surface area contributed by atoms with Crippen molar-refractivity contribution in [2.24, 2.45) is 29.6 Å². The van der Waals surface area contributed by atoms with E-state index in [1.807, 2.05) is 24.3 Å². The van der Waals surface area contributed by atoms with E-state index < -0.39 is 0 Å². The molecular weight excluding hydrogens is 832 g/mol. The maximum atomic E-state index is 12.0. The Balaban J connectivity index is 0.000000212. The van der Waals surface area contributed by atoms with Crippen LogP contribution in [-0.2, 0) is 38.9 Å². The van der Waals surface area contributed by atoms with Crippen LogP contribution in [-0.4, -0.2) is 32.0 Å². The second-order valence-electron chi connectivity index (χ2n) is 17.8. The summed E-state index contributed by atoms with van der Waals surface area (Å²) < 4.78 is 0. The maximum absolute atomic E-state index is 12.0. The van der Waals surface area contributed by atoms with Crippen LogP contribution < -0.4 is 0 Å². The molecule has 5 aliphatic carbocycles. The van der Waals surface area contributed by atoms with Crippen LogP contribution >= 0.6 is 0 Å². The third-order valence-corrected chi connectivity index (χ3v) is 13.2. The minimum absolute atomic E-state index is 0. The molecule has 6 nitrogen and oxygen atoms in total. The summed E-state index contributed by atoms with van der Waals surface area (Å²) in [5.74, 6) is 4.42. The van der Waals surface area contributed by atoms with Gasteiger partial charge in [0.15, 0.2) is 5.78 Å². The Morgan fingerprint density at radius 2 is 0.800 bits per heavy atom. The molecule has 3 aromatic rings. The summed E-state index contributed by atoms with van der Waals surface area (Å²) in [4.78, 5) is 23.7. The van der Waals surface area contributed by atoms with E-state index in [0.29, 0.717) is 29.3 Å². The molecule has 326 valence electrons. The largest absolute Gasteiger partial charge is 0.508 e. The number of hydrogen-bond donors (Lipinski definition) is 4. The third kappa shape index (κ3) is 15.4. The summed E-state index contributed by atoms with van der Waals surface area (Å²) in [5, 5.41) is 37.9. The average molecular weight is 899 g/mol. The van der Waals surface area contributed by atoms with Crippen molar-refractivity contribution in [3.05, 3.63) is 119 Å². The minimum atomic E-state index is -0.222. The molecule has 4 saturated carbocycles. The first-order valence-electron chi connectivity index (χ1n) is 22.4. The molecule has 60 heavy (non-hydrogen) atoms. The summed E-state index contributed by atoms with van der Waals surface area (Å²) >= 11 is 0. The average Bonchev–Trinajstić information content (AvgIpc) is 4.09. The normalized spacial score (nSPS) is 19.2. The van der Waals surface area contributed by atoms with E-state index in [-0.39, 0.29) is 57.3 Å². The molecule has 0 heterocycles. The van der Waals surface area contributed by atoms with Gasteiger partial charge in [-0.25, -0.2) is 0 Å². The van der Waals surface area contributed by atoms with Crippen LogP contribution in [0.3, 0.4) is 0 Å². The van der Waals surface area contributed by atoms with Gasteiger partial charge in [0.2, 0.25) is 0 Å². The number of aliphatic hydroxyl groups is 1. The van der Waals surface area contributed by atoms with Crippen molar-refractivity contribution < 1.29 is 64.2 Å². The van der Waals surface area contributed by atoms with Crippen molar-refractivity contribution in [2.75, 3.05) is 0 Å². The number of aliphatic hydroxyl groups excluding tert-OH is 1. The third-order valence-electron chi connectivity index (χ3n) is 13.2. The molecule has 0 bridgehead atoms. The van der Waals surface area contributed by atoms with E-state index >= 15 is 0 Å². The fraction of sp³-hybridized carbons (Fsp3) is 0.500. The number of aromatic hydroxyl groups is 3. The van der Waals surface area contributed by atoms with Gasteiger partial charge < -0.3 is 20.4 Å². The van der Waals surface area contributed by atoms with Gasteiger partial charge in [0.1, 0.15) is 28.8 Å². The minimum Gasteiger partial charge on any atom is -0.508 e. The molecule has 5 aliphatic rings. The molecule has 0 radical (unpaired) electrons. The molecule has 1 unspecified atom stereocenters. The first-order valence-corrected chi connectivity index (χ1v) is 22.4. The molecule has 0 aromatic heterocycles. The van der Waals surface area contributed by atoms with Crippen molar-refractivity contribution in [3.63, 3.8) is 0 Å². The molecule has 0 amide bonds. The molecule has 0 aliphatic heterocycles. The van der Waals surface area contributed by atoms with E-state index in [9.17, 15) is 19.8 Å². The zero-order valence-electron chi connectivity index (χ0n) is 35.2. The molecule has 4 fully saturated rings. The van der Waals surface area contributed by atoms with Crippen molar-refractivity contribution in [2.45, 2.75) is 135 Å². The maximum Gasteiger partial charge on any atom is 0.170 e. The monoisotopic (exact) mass is 898 g/mol. The van der Waals surface area contributed by atoms with Gasteiger partial charge in [-0.05, 0) is 120 Å². The van der Waals surface area contributed by atoms with Crippen LogP contribution in [0, 0.1) is 29.6 Å². The van der Waals surface area contributed by atoms with Gasteiger partial charge in [0.25, 0.3) is 0 Å². The standard InChI is InChI=1S/C26H32O2.C13H12O3.C13H22O.2Fe/c27-24-13-9-21(10-14-24)26(22-11-15-25(28)16-12-22)23(17-19-5-1-2-6-19)18-20-7-3-4-8-20;14-11-5-1-9(2-6-11)13(16)10-3-7-12(15)8-4-10;14-13(9-11-5-1-2-6-11)10-12-7-3-4-8-12;;/h9-16,19-20,27-28H,1-8,17-18H2;1-3,5-8,10,14-15H,4H2;11-12H,1-10H2;;. The van der Waals surface area contributed by atoms with E-state index in [1.54, 1.807) is 54.1 Å². The fourth-order valence-electron chi connectivity index (χ4n) is 10.0. The van der Waals surface area contributed by atoms with Gasteiger partial charge in [-0.15, -0.1) is 0 Å². The molecule has 1 atom stereocenters.